The molecule has 1 aliphatic rings. The fraction of sp³-hybridized carbons (Fsp3) is 0.667. The molecule has 1 aromatic rings. The van der Waals surface area contributed by atoms with Gasteiger partial charge in [-0.15, -0.1) is 0 Å². The maximum atomic E-state index is 12.4. The van der Waals surface area contributed by atoms with Crippen LogP contribution in [0.4, 0.5) is 0 Å². The monoisotopic (exact) mass is 252 g/mol. The zero-order valence-electron chi connectivity index (χ0n) is 10.9. The molecule has 1 saturated heterocycles. The van der Waals surface area contributed by atoms with E-state index in [9.17, 15) is 4.79 Å². The Morgan fingerprint density at radius 3 is 3.06 bits per heavy atom. The number of hydrogen-bond acceptors (Lipinski definition) is 5. The molecule has 0 spiro atoms. The van der Waals surface area contributed by atoms with Crippen LogP contribution in [-0.4, -0.2) is 60.0 Å². The number of nitrogens with zero attached hydrogens (tertiary/aromatic N) is 3. The summed E-state index contributed by atoms with van der Waals surface area (Å²) in [5.74, 6) is 0.582. The van der Waals surface area contributed by atoms with Crippen LogP contribution in [0.25, 0.3) is 0 Å². The molecule has 0 bridgehead atoms. The van der Waals surface area contributed by atoms with Gasteiger partial charge in [0.25, 0.3) is 5.91 Å². The second kappa shape index (κ2) is 5.49. The summed E-state index contributed by atoms with van der Waals surface area (Å²) in [6, 6.07) is 0.0534. The highest BCUT2D eigenvalue weighted by atomic mass is 16.3. The average molecular weight is 252 g/mol. The van der Waals surface area contributed by atoms with Gasteiger partial charge in [0.05, 0.1) is 6.04 Å². The highest BCUT2D eigenvalue weighted by Gasteiger charge is 2.31. The number of likely N-dealkylation sites (N-methyl/N-ethyl adjacent to an activating group) is 1. The molecule has 2 heterocycles. The van der Waals surface area contributed by atoms with Gasteiger partial charge in [-0.2, -0.15) is 0 Å². The molecule has 18 heavy (non-hydrogen) atoms. The fourth-order valence-electron chi connectivity index (χ4n) is 2.31. The first-order chi connectivity index (χ1) is 8.67. The van der Waals surface area contributed by atoms with E-state index in [4.69, 9.17) is 10.2 Å². The van der Waals surface area contributed by atoms with Gasteiger partial charge < -0.3 is 20.0 Å². The second-order valence-electron chi connectivity index (χ2n) is 4.63. The van der Waals surface area contributed by atoms with Crippen LogP contribution in [0.1, 0.15) is 23.2 Å². The fourth-order valence-corrected chi connectivity index (χ4v) is 2.31. The van der Waals surface area contributed by atoms with E-state index < -0.39 is 0 Å². The average Bonchev–Trinajstić information content (AvgIpc) is 2.86. The Labute approximate surface area is 107 Å². The molecular formula is C12H20N4O2. The largest absolute Gasteiger partial charge is 0.448 e. The van der Waals surface area contributed by atoms with Gasteiger partial charge in [0.1, 0.15) is 5.76 Å². The molecule has 1 fully saturated rings. The molecule has 1 atom stereocenters. The molecule has 6 nitrogen and oxygen atoms in total. The number of nitrogens with two attached hydrogens (primary N) is 1. The van der Waals surface area contributed by atoms with E-state index in [1.807, 2.05) is 18.9 Å². The van der Waals surface area contributed by atoms with Crippen molar-refractivity contribution < 1.29 is 9.21 Å². The van der Waals surface area contributed by atoms with Crippen LogP contribution in [0, 0.1) is 0 Å². The number of piperazine rings is 1. The third-order valence-electron chi connectivity index (χ3n) is 3.38. The number of oxazole rings is 1. The molecule has 100 valence electrons. The van der Waals surface area contributed by atoms with Crippen molar-refractivity contribution >= 4 is 5.91 Å². The van der Waals surface area contributed by atoms with Gasteiger partial charge in [-0.3, -0.25) is 4.79 Å². The molecule has 0 aliphatic carbocycles. The van der Waals surface area contributed by atoms with Gasteiger partial charge in [0.15, 0.2) is 12.1 Å². The maximum absolute atomic E-state index is 12.4. The lowest BCUT2D eigenvalue weighted by molar-refractivity contribution is 0.0509. The minimum Gasteiger partial charge on any atom is -0.448 e. The molecule has 0 saturated carbocycles. The van der Waals surface area contributed by atoms with Crippen LogP contribution in [0.5, 0.6) is 0 Å². The van der Waals surface area contributed by atoms with Crippen LogP contribution in [0.15, 0.2) is 10.8 Å². The Hall–Kier alpha value is -1.40. The quantitative estimate of drug-likeness (QED) is 0.816. The number of aryl methyl sites for hydroxylation is 1. The number of rotatable bonds is 3. The Bertz CT molecular complexity index is 418. The van der Waals surface area contributed by atoms with E-state index >= 15 is 0 Å². The zero-order valence-corrected chi connectivity index (χ0v) is 10.9. The van der Waals surface area contributed by atoms with Crippen LogP contribution in [0.3, 0.4) is 0 Å². The van der Waals surface area contributed by atoms with Crippen molar-refractivity contribution in [3.8, 4) is 0 Å². The molecule has 6 heteroatoms. The third-order valence-corrected chi connectivity index (χ3v) is 3.38. The summed E-state index contributed by atoms with van der Waals surface area (Å²) in [4.78, 5) is 20.5. The van der Waals surface area contributed by atoms with Crippen molar-refractivity contribution in [2.24, 2.45) is 5.73 Å². The topological polar surface area (TPSA) is 75.6 Å². The normalized spacial score (nSPS) is 21.3. The molecule has 2 rings (SSSR count). The van der Waals surface area contributed by atoms with Crippen molar-refractivity contribution in [1.82, 2.24) is 14.8 Å². The number of aromatic nitrogens is 1. The molecule has 0 unspecified atom stereocenters. The van der Waals surface area contributed by atoms with Crippen LogP contribution < -0.4 is 5.73 Å². The smallest absolute Gasteiger partial charge is 0.276 e. The molecule has 0 radical (unpaired) electrons. The van der Waals surface area contributed by atoms with E-state index in [0.717, 1.165) is 13.1 Å². The van der Waals surface area contributed by atoms with E-state index in [2.05, 4.69) is 9.88 Å². The third kappa shape index (κ3) is 2.39. The Kier molecular flexibility index (Phi) is 3.98. The van der Waals surface area contributed by atoms with Crippen molar-refractivity contribution in [1.29, 1.82) is 0 Å². The van der Waals surface area contributed by atoms with Gasteiger partial charge in [-0.05, 0) is 7.05 Å². The number of carbonyl (C=O) groups excluding carboxylic acids is 1. The van der Waals surface area contributed by atoms with Crippen LogP contribution in [-0.2, 0) is 6.42 Å². The van der Waals surface area contributed by atoms with E-state index in [0.29, 0.717) is 31.0 Å². The molecule has 1 aliphatic heterocycles. The van der Waals surface area contributed by atoms with Gasteiger partial charge in [-0.1, -0.05) is 6.92 Å². The van der Waals surface area contributed by atoms with Crippen molar-refractivity contribution in [2.45, 2.75) is 19.4 Å². The number of hydrogen-bond donors (Lipinski definition) is 1. The van der Waals surface area contributed by atoms with Crippen molar-refractivity contribution in [2.75, 3.05) is 33.2 Å². The first kappa shape index (κ1) is 13.0. The predicted molar refractivity (Wildman–Crippen MR) is 67.3 cm³/mol. The summed E-state index contributed by atoms with van der Waals surface area (Å²) >= 11 is 0. The SMILES string of the molecule is CCc1ocnc1C(=O)N1CCN(C)C[C@@H]1CN. The van der Waals surface area contributed by atoms with E-state index in [1.165, 1.54) is 6.39 Å². The highest BCUT2D eigenvalue weighted by molar-refractivity contribution is 5.93. The standard InChI is InChI=1S/C12H20N4O2/c1-3-10-11(14-8-18-10)12(17)16-5-4-15(2)7-9(16)6-13/h8-9H,3-7,13H2,1-2H3/t9-/m0/s1. The van der Waals surface area contributed by atoms with Gasteiger partial charge >= 0.3 is 0 Å². The van der Waals surface area contributed by atoms with Gasteiger partial charge in [-0.25, -0.2) is 4.98 Å². The molecular weight excluding hydrogens is 232 g/mol. The van der Waals surface area contributed by atoms with Crippen molar-refractivity contribution in [3.63, 3.8) is 0 Å². The lowest BCUT2D eigenvalue weighted by Gasteiger charge is -2.39. The lowest BCUT2D eigenvalue weighted by Crippen LogP contribution is -2.56. The molecule has 1 aromatic heterocycles. The predicted octanol–water partition coefficient (Wildman–Crippen LogP) is -0.0481. The minimum absolute atomic E-state index is 0.0534. The van der Waals surface area contributed by atoms with Crippen LogP contribution in [0.2, 0.25) is 0 Å². The first-order valence-corrected chi connectivity index (χ1v) is 6.29. The summed E-state index contributed by atoms with van der Waals surface area (Å²) in [5.41, 5.74) is 6.18. The lowest BCUT2D eigenvalue weighted by atomic mass is 10.1. The zero-order chi connectivity index (χ0) is 13.1. The summed E-state index contributed by atoms with van der Waals surface area (Å²) in [6.45, 7) is 4.77. The highest BCUT2D eigenvalue weighted by Crippen LogP contribution is 2.15. The second-order valence-corrected chi connectivity index (χ2v) is 4.63. The van der Waals surface area contributed by atoms with Crippen LogP contribution >= 0.6 is 0 Å². The van der Waals surface area contributed by atoms with E-state index in [-0.39, 0.29) is 11.9 Å². The maximum Gasteiger partial charge on any atom is 0.276 e. The van der Waals surface area contributed by atoms with Gasteiger partial charge in [0, 0.05) is 32.6 Å². The Morgan fingerprint density at radius 2 is 2.39 bits per heavy atom. The number of amides is 1. The summed E-state index contributed by atoms with van der Waals surface area (Å²) in [5, 5.41) is 0. The summed E-state index contributed by atoms with van der Waals surface area (Å²) in [6.07, 6.45) is 2.00. The Morgan fingerprint density at radius 1 is 1.61 bits per heavy atom. The minimum atomic E-state index is -0.0656. The van der Waals surface area contributed by atoms with E-state index in [1.54, 1.807) is 0 Å². The number of carbonyl (C=O) groups is 1. The van der Waals surface area contributed by atoms with Gasteiger partial charge in [0.2, 0.25) is 0 Å². The summed E-state index contributed by atoms with van der Waals surface area (Å²) < 4.78 is 5.22. The Balaban J connectivity index is 2.17. The molecule has 0 aromatic carbocycles. The first-order valence-electron chi connectivity index (χ1n) is 6.29. The van der Waals surface area contributed by atoms with Crippen molar-refractivity contribution in [3.05, 3.63) is 17.8 Å². The molecule has 2 N–H and O–H groups in total. The summed E-state index contributed by atoms with van der Waals surface area (Å²) in [7, 11) is 2.04. The molecule has 1 amide bonds.